The highest BCUT2D eigenvalue weighted by atomic mass is 15.3. The Morgan fingerprint density at radius 2 is 1.56 bits per heavy atom. The van der Waals surface area contributed by atoms with Crippen LogP contribution in [0.25, 0.3) is 11.1 Å². The van der Waals surface area contributed by atoms with Crippen molar-refractivity contribution in [1.29, 1.82) is 0 Å². The molecule has 0 amide bonds. The quantitative estimate of drug-likeness (QED) is 0.795. The Morgan fingerprint density at radius 3 is 2.00 bits per heavy atom. The summed E-state index contributed by atoms with van der Waals surface area (Å²) >= 11 is 0. The molecule has 18 heavy (non-hydrogen) atoms. The van der Waals surface area contributed by atoms with Gasteiger partial charge in [0.1, 0.15) is 0 Å². The number of aryl methyl sites for hydroxylation is 2. The Morgan fingerprint density at radius 1 is 1.00 bits per heavy atom. The monoisotopic (exact) mass is 245 g/mol. The number of nitrogens with zero attached hydrogens (tertiary/aromatic N) is 3. The molecular weight excluding hydrogens is 222 g/mol. The molecule has 3 heteroatoms. The van der Waals surface area contributed by atoms with Crippen molar-refractivity contribution in [1.82, 2.24) is 14.8 Å². The van der Waals surface area contributed by atoms with Crippen LogP contribution in [0.4, 0.5) is 0 Å². The average Bonchev–Trinajstić information content (AvgIpc) is 2.79. The number of hydrogen-bond acceptors (Lipinski definition) is 2. The minimum Gasteiger partial charge on any atom is -0.270 e. The maximum absolute atomic E-state index is 4.37. The van der Waals surface area contributed by atoms with Crippen molar-refractivity contribution >= 4 is 0 Å². The van der Waals surface area contributed by atoms with Crippen LogP contribution in [-0.4, -0.2) is 14.8 Å². The van der Waals surface area contributed by atoms with Gasteiger partial charge < -0.3 is 0 Å². The van der Waals surface area contributed by atoms with E-state index in [1.165, 1.54) is 5.56 Å². The fourth-order valence-corrected chi connectivity index (χ4v) is 1.77. The Kier molecular flexibility index (Phi) is 5.08. The van der Waals surface area contributed by atoms with Crippen molar-refractivity contribution in [3.8, 4) is 11.1 Å². The van der Waals surface area contributed by atoms with Gasteiger partial charge in [0.2, 0.25) is 0 Å². The third kappa shape index (κ3) is 3.42. The normalized spacial score (nSPS) is 10.2. The van der Waals surface area contributed by atoms with Crippen LogP contribution in [-0.2, 0) is 0 Å². The van der Waals surface area contributed by atoms with Gasteiger partial charge >= 0.3 is 0 Å². The highest BCUT2D eigenvalue weighted by Gasteiger charge is 2.05. The van der Waals surface area contributed by atoms with Crippen LogP contribution < -0.4 is 0 Å². The smallest absolute Gasteiger partial charge is 0.0568 e. The largest absolute Gasteiger partial charge is 0.270 e. The standard InChI is InChI=1S/C13H17N3.C2H6/c1-9(2)16-8-13(7-14-16)12-5-10(3)15-11(4)6-12;1-2/h5-9H,1-4H3;1-2H3. The zero-order valence-electron chi connectivity index (χ0n) is 12.2. The molecule has 0 N–H and O–H groups in total. The maximum atomic E-state index is 4.37. The van der Waals surface area contributed by atoms with E-state index in [-0.39, 0.29) is 0 Å². The molecule has 0 saturated carbocycles. The number of aromatic nitrogens is 3. The van der Waals surface area contributed by atoms with Gasteiger partial charge in [-0.2, -0.15) is 5.10 Å². The number of pyridine rings is 1. The first kappa shape index (κ1) is 14.4. The van der Waals surface area contributed by atoms with E-state index in [0.717, 1.165) is 17.0 Å². The Hall–Kier alpha value is -1.64. The summed E-state index contributed by atoms with van der Waals surface area (Å²) in [7, 11) is 0. The topological polar surface area (TPSA) is 30.7 Å². The Bertz CT molecular complexity index is 478. The van der Waals surface area contributed by atoms with E-state index in [1.54, 1.807) is 0 Å². The molecule has 0 aromatic carbocycles. The molecule has 2 aromatic heterocycles. The summed E-state index contributed by atoms with van der Waals surface area (Å²) in [6, 6.07) is 4.58. The van der Waals surface area contributed by atoms with Crippen molar-refractivity contribution in [3.05, 3.63) is 35.9 Å². The molecule has 0 bridgehead atoms. The van der Waals surface area contributed by atoms with Crippen LogP contribution in [0.1, 0.15) is 45.1 Å². The Labute approximate surface area is 110 Å². The van der Waals surface area contributed by atoms with Crippen LogP contribution in [0.5, 0.6) is 0 Å². The maximum Gasteiger partial charge on any atom is 0.0568 e. The zero-order valence-corrected chi connectivity index (χ0v) is 12.2. The van der Waals surface area contributed by atoms with Crippen LogP contribution in [0, 0.1) is 13.8 Å². The van der Waals surface area contributed by atoms with Crippen molar-refractivity contribution in [2.75, 3.05) is 0 Å². The Balaban J connectivity index is 0.000000771. The summed E-state index contributed by atoms with van der Waals surface area (Å²) in [5.41, 5.74) is 4.44. The van der Waals surface area contributed by atoms with E-state index in [9.17, 15) is 0 Å². The fourth-order valence-electron chi connectivity index (χ4n) is 1.77. The van der Waals surface area contributed by atoms with E-state index in [1.807, 2.05) is 38.6 Å². The van der Waals surface area contributed by atoms with E-state index >= 15 is 0 Å². The van der Waals surface area contributed by atoms with E-state index in [0.29, 0.717) is 6.04 Å². The third-order valence-corrected chi connectivity index (χ3v) is 2.55. The first-order valence-corrected chi connectivity index (χ1v) is 6.56. The second kappa shape index (κ2) is 6.34. The molecule has 2 aromatic rings. The summed E-state index contributed by atoms with van der Waals surface area (Å²) in [6.07, 6.45) is 3.99. The van der Waals surface area contributed by atoms with E-state index < -0.39 is 0 Å². The van der Waals surface area contributed by atoms with E-state index in [2.05, 4.69) is 42.3 Å². The lowest BCUT2D eigenvalue weighted by Crippen LogP contribution is -1.99. The van der Waals surface area contributed by atoms with Crippen LogP contribution in [0.3, 0.4) is 0 Å². The molecule has 0 aliphatic rings. The molecule has 0 fully saturated rings. The molecule has 2 heterocycles. The lowest BCUT2D eigenvalue weighted by Gasteiger charge is -2.04. The molecule has 2 rings (SSSR count). The summed E-state index contributed by atoms with van der Waals surface area (Å²) in [5.74, 6) is 0. The second-order valence-corrected chi connectivity index (χ2v) is 4.44. The van der Waals surface area contributed by atoms with Gasteiger partial charge in [-0.05, 0) is 45.4 Å². The predicted molar refractivity (Wildman–Crippen MR) is 76.7 cm³/mol. The lowest BCUT2D eigenvalue weighted by molar-refractivity contribution is 0.532. The molecule has 0 aliphatic carbocycles. The summed E-state index contributed by atoms with van der Waals surface area (Å²) in [5, 5.41) is 4.35. The molecule has 0 aliphatic heterocycles. The summed E-state index contributed by atoms with van der Waals surface area (Å²) in [6.45, 7) is 12.3. The number of hydrogen-bond donors (Lipinski definition) is 0. The van der Waals surface area contributed by atoms with Gasteiger partial charge in [0, 0.05) is 29.2 Å². The van der Waals surface area contributed by atoms with Gasteiger partial charge in [-0.1, -0.05) is 13.8 Å². The summed E-state index contributed by atoms with van der Waals surface area (Å²) in [4.78, 5) is 4.37. The molecule has 98 valence electrons. The van der Waals surface area contributed by atoms with Crippen molar-refractivity contribution < 1.29 is 0 Å². The second-order valence-electron chi connectivity index (χ2n) is 4.44. The minimum absolute atomic E-state index is 0.401. The van der Waals surface area contributed by atoms with Crippen LogP contribution in [0.15, 0.2) is 24.5 Å². The van der Waals surface area contributed by atoms with Gasteiger partial charge in [-0.3, -0.25) is 9.67 Å². The molecule has 3 nitrogen and oxygen atoms in total. The third-order valence-electron chi connectivity index (χ3n) is 2.55. The molecule has 0 unspecified atom stereocenters. The van der Waals surface area contributed by atoms with E-state index in [4.69, 9.17) is 0 Å². The molecule has 0 spiro atoms. The lowest BCUT2D eigenvalue weighted by atomic mass is 10.1. The minimum atomic E-state index is 0.401. The van der Waals surface area contributed by atoms with Crippen molar-refractivity contribution in [2.45, 2.75) is 47.6 Å². The van der Waals surface area contributed by atoms with Crippen LogP contribution in [0.2, 0.25) is 0 Å². The molecule has 0 radical (unpaired) electrons. The van der Waals surface area contributed by atoms with Gasteiger partial charge in [-0.25, -0.2) is 0 Å². The van der Waals surface area contributed by atoms with Gasteiger partial charge in [0.25, 0.3) is 0 Å². The first-order valence-electron chi connectivity index (χ1n) is 6.56. The molecular formula is C15H23N3. The number of rotatable bonds is 2. The average molecular weight is 245 g/mol. The SMILES string of the molecule is CC.Cc1cc(-c2cnn(C(C)C)c2)cc(C)n1. The van der Waals surface area contributed by atoms with Crippen molar-refractivity contribution in [2.24, 2.45) is 0 Å². The fraction of sp³-hybridized carbons (Fsp3) is 0.467. The highest BCUT2D eigenvalue weighted by Crippen LogP contribution is 2.21. The molecule has 0 saturated heterocycles. The van der Waals surface area contributed by atoms with Gasteiger partial charge in [0.15, 0.2) is 0 Å². The summed E-state index contributed by atoms with van der Waals surface area (Å²) < 4.78 is 1.97. The van der Waals surface area contributed by atoms with Crippen molar-refractivity contribution in [3.63, 3.8) is 0 Å². The predicted octanol–water partition coefficient (Wildman–Crippen LogP) is 4.17. The van der Waals surface area contributed by atoms with Gasteiger partial charge in [0.05, 0.1) is 6.20 Å². The zero-order chi connectivity index (χ0) is 13.7. The van der Waals surface area contributed by atoms with Gasteiger partial charge in [-0.15, -0.1) is 0 Å². The first-order chi connectivity index (χ1) is 8.56. The highest BCUT2D eigenvalue weighted by molar-refractivity contribution is 5.62. The van der Waals surface area contributed by atoms with Crippen LogP contribution >= 0.6 is 0 Å². The molecule has 0 atom stereocenters.